The first-order valence-electron chi connectivity index (χ1n) is 14.2. The van der Waals surface area contributed by atoms with Crippen molar-refractivity contribution in [2.75, 3.05) is 19.3 Å². The van der Waals surface area contributed by atoms with Crippen molar-refractivity contribution in [3.63, 3.8) is 0 Å². The van der Waals surface area contributed by atoms with Crippen LogP contribution in [0, 0.1) is 29.1 Å². The van der Waals surface area contributed by atoms with Crippen molar-refractivity contribution in [1.82, 2.24) is 10.6 Å². The van der Waals surface area contributed by atoms with Gasteiger partial charge in [-0.1, -0.05) is 31.8 Å². The topological polar surface area (TPSA) is 24.1 Å². The van der Waals surface area contributed by atoms with Gasteiger partial charge in [0.25, 0.3) is 0 Å². The van der Waals surface area contributed by atoms with Gasteiger partial charge in [0, 0.05) is 22.7 Å². The van der Waals surface area contributed by atoms with Crippen LogP contribution in [0.1, 0.15) is 57.8 Å². The molecule has 2 nitrogen and oxygen atoms in total. The van der Waals surface area contributed by atoms with E-state index < -0.39 is 8.07 Å². The monoisotopic (exact) mass is 502 g/mol. The molecule has 2 N–H and O–H groups in total. The summed E-state index contributed by atoms with van der Waals surface area (Å²) in [6.07, 6.45) is 19.9. The lowest BCUT2D eigenvalue weighted by molar-refractivity contribution is -0.0737. The van der Waals surface area contributed by atoms with Crippen LogP contribution in [0.4, 0.5) is 0 Å². The van der Waals surface area contributed by atoms with Gasteiger partial charge in [0.05, 0.1) is 8.07 Å². The van der Waals surface area contributed by atoms with E-state index in [-0.39, 0.29) is 5.16 Å². The smallest absolute Gasteiger partial charge is 0.0558 e. The summed E-state index contributed by atoms with van der Waals surface area (Å²) in [4.78, 5) is 0. The summed E-state index contributed by atoms with van der Waals surface area (Å²) in [5.41, 5.74) is 4.72. The number of hydrogen-bond donors (Lipinski definition) is 2. The second-order valence-electron chi connectivity index (χ2n) is 13.8. The van der Waals surface area contributed by atoms with Gasteiger partial charge in [-0.25, -0.2) is 0 Å². The van der Waals surface area contributed by atoms with Crippen molar-refractivity contribution < 1.29 is 0 Å². The maximum absolute atomic E-state index is 4.00. The summed E-state index contributed by atoms with van der Waals surface area (Å²) in [5, 5.41) is 8.13. The van der Waals surface area contributed by atoms with Crippen molar-refractivity contribution in [3.8, 4) is 0 Å². The molecule has 7 rings (SSSR count). The minimum Gasteiger partial charge on any atom is -0.313 e. The summed E-state index contributed by atoms with van der Waals surface area (Å²) in [7, 11) is 5.50. The van der Waals surface area contributed by atoms with Crippen LogP contribution >= 0.6 is 18.5 Å². The zero-order valence-corrected chi connectivity index (χ0v) is 24.6. The van der Waals surface area contributed by atoms with Gasteiger partial charge in [-0.2, -0.15) is 0 Å². The van der Waals surface area contributed by atoms with Crippen molar-refractivity contribution in [3.05, 3.63) is 23.3 Å². The zero-order valence-electron chi connectivity index (χ0n) is 21.3. The Morgan fingerprint density at radius 2 is 1.45 bits per heavy atom. The Labute approximate surface area is 208 Å². The van der Waals surface area contributed by atoms with E-state index in [4.69, 9.17) is 0 Å². The Bertz CT molecular complexity index is 787. The molecule has 0 spiro atoms. The van der Waals surface area contributed by atoms with Crippen molar-refractivity contribution >= 4 is 26.6 Å². The minimum absolute atomic E-state index is 0.134. The predicted molar refractivity (Wildman–Crippen MR) is 152 cm³/mol. The number of allylic oxidation sites excluding steroid dienone is 3. The third-order valence-corrected chi connectivity index (χ3v) is 15.3. The SMILES string of the molecule is C[Si](C)(C)C1C=C(C(P)(C2CCCN2)C2CCCN2)C(C2(CP)C3CC4CC(C3)CC2C4)=C1. The molecule has 0 aromatic heterocycles. The van der Waals surface area contributed by atoms with E-state index in [1.165, 1.54) is 70.6 Å². The molecule has 2 heterocycles. The fourth-order valence-corrected chi connectivity index (χ4v) is 12.6. The summed E-state index contributed by atoms with van der Waals surface area (Å²) < 4.78 is 0. The lowest BCUT2D eigenvalue weighted by Crippen LogP contribution is -2.59. The molecule has 4 saturated carbocycles. The Morgan fingerprint density at radius 1 is 0.909 bits per heavy atom. The molecule has 2 saturated heterocycles. The highest BCUT2D eigenvalue weighted by Gasteiger charge is 2.61. The summed E-state index contributed by atoms with van der Waals surface area (Å²) in [6, 6.07) is 1.18. The van der Waals surface area contributed by atoms with Gasteiger partial charge in [-0.05, 0) is 117 Å². The van der Waals surface area contributed by atoms with Crippen LogP contribution in [-0.4, -0.2) is 44.6 Å². The molecule has 184 valence electrons. The maximum atomic E-state index is 4.00. The van der Waals surface area contributed by atoms with Crippen LogP contribution in [0.5, 0.6) is 0 Å². The molecule has 7 aliphatic rings. The fraction of sp³-hybridized carbons (Fsp3) is 0.857. The second kappa shape index (κ2) is 8.51. The van der Waals surface area contributed by atoms with Crippen molar-refractivity contribution in [2.45, 2.75) is 100 Å². The molecular formula is C28H48N2P2Si. The Balaban J connectivity index is 1.49. The van der Waals surface area contributed by atoms with E-state index in [1.54, 1.807) is 12.0 Å². The summed E-state index contributed by atoms with van der Waals surface area (Å²) in [5.74, 6) is 3.91. The van der Waals surface area contributed by atoms with Crippen molar-refractivity contribution in [1.29, 1.82) is 0 Å². The Kier molecular flexibility index (Phi) is 6.15. The van der Waals surface area contributed by atoms with Gasteiger partial charge >= 0.3 is 0 Å². The van der Waals surface area contributed by atoms with Gasteiger partial charge in [0.2, 0.25) is 0 Å². The van der Waals surface area contributed by atoms with Crippen molar-refractivity contribution in [2.24, 2.45) is 29.1 Å². The number of rotatable bonds is 6. The molecule has 0 amide bonds. The molecule has 2 aliphatic heterocycles. The first-order chi connectivity index (χ1) is 15.8. The highest BCUT2D eigenvalue weighted by molar-refractivity contribution is 7.19. The summed E-state index contributed by atoms with van der Waals surface area (Å²) in [6.45, 7) is 10.2. The Hall–Kier alpha value is 0.477. The first kappa shape index (κ1) is 23.9. The molecule has 33 heavy (non-hydrogen) atoms. The first-order valence-corrected chi connectivity index (χ1v) is 19.1. The standard InChI is InChI=1S/C28H48N2P2Si/c1-33(2,3)22-15-23(27(17-31)20-11-18-10-19(13-20)14-21(27)12-18)24(16-22)28(32,25-6-4-8-29-25)26-7-5-9-30-26/h15-16,18-22,25-26,29-30H,4-14,17,31-32H2,1-3H3. The van der Waals surface area contributed by atoms with Crippen LogP contribution < -0.4 is 10.6 Å². The number of nitrogens with one attached hydrogen (secondary N) is 2. The molecule has 5 unspecified atom stereocenters. The lowest BCUT2D eigenvalue weighted by atomic mass is 9.43. The molecule has 0 aromatic carbocycles. The van der Waals surface area contributed by atoms with E-state index in [0.29, 0.717) is 23.0 Å². The minimum atomic E-state index is -1.33. The largest absolute Gasteiger partial charge is 0.313 e. The molecule has 4 bridgehead atoms. The van der Waals surface area contributed by atoms with Crippen LogP contribution in [0.15, 0.2) is 23.3 Å². The lowest BCUT2D eigenvalue weighted by Gasteiger charge is -2.63. The third-order valence-electron chi connectivity index (χ3n) is 11.2. The van der Waals surface area contributed by atoms with Crippen LogP contribution in [0.25, 0.3) is 0 Å². The van der Waals surface area contributed by atoms with Crippen LogP contribution in [0.3, 0.4) is 0 Å². The molecule has 0 aromatic rings. The Morgan fingerprint density at radius 3 is 1.88 bits per heavy atom. The van der Waals surface area contributed by atoms with E-state index in [2.05, 4.69) is 60.9 Å². The highest BCUT2D eigenvalue weighted by Crippen LogP contribution is 2.68. The predicted octanol–water partition coefficient (Wildman–Crippen LogP) is 6.00. The molecule has 0 radical (unpaired) electrons. The highest BCUT2D eigenvalue weighted by atomic mass is 31.0. The van der Waals surface area contributed by atoms with Gasteiger partial charge in [0.1, 0.15) is 0 Å². The molecular weight excluding hydrogens is 454 g/mol. The molecule has 5 aliphatic carbocycles. The molecule has 5 atom stereocenters. The van der Waals surface area contributed by atoms with Gasteiger partial charge < -0.3 is 10.6 Å². The third kappa shape index (κ3) is 3.60. The average molecular weight is 503 g/mol. The quantitative estimate of drug-likeness (QED) is 0.344. The fourth-order valence-electron chi connectivity index (χ4n) is 9.58. The molecule has 5 heteroatoms. The second-order valence-corrected chi connectivity index (χ2v) is 20.6. The number of hydrogen-bond acceptors (Lipinski definition) is 2. The van der Waals surface area contributed by atoms with E-state index in [0.717, 1.165) is 23.7 Å². The van der Waals surface area contributed by atoms with Gasteiger partial charge in [0.15, 0.2) is 0 Å². The average Bonchev–Trinajstić information content (AvgIpc) is 3.55. The van der Waals surface area contributed by atoms with E-state index in [9.17, 15) is 0 Å². The molecule has 6 fully saturated rings. The van der Waals surface area contributed by atoms with Crippen LogP contribution in [0.2, 0.25) is 25.2 Å². The van der Waals surface area contributed by atoms with Crippen LogP contribution in [-0.2, 0) is 0 Å². The van der Waals surface area contributed by atoms with Gasteiger partial charge in [-0.15, -0.1) is 18.5 Å². The summed E-state index contributed by atoms with van der Waals surface area (Å²) >= 11 is 0. The maximum Gasteiger partial charge on any atom is 0.0558 e. The normalized spacial score (nSPS) is 46.5. The van der Waals surface area contributed by atoms with E-state index >= 15 is 0 Å². The van der Waals surface area contributed by atoms with E-state index in [1.807, 2.05) is 5.57 Å². The zero-order chi connectivity index (χ0) is 23.0. The van der Waals surface area contributed by atoms with Gasteiger partial charge in [-0.3, -0.25) is 0 Å².